The second-order valence-corrected chi connectivity index (χ2v) is 0. The van der Waals surface area contributed by atoms with Gasteiger partial charge < -0.3 is 21.9 Å². The van der Waals surface area contributed by atoms with Gasteiger partial charge in [0.25, 0.3) is 0 Å². The molecule has 7 heavy (non-hydrogen) atoms. The summed E-state index contributed by atoms with van der Waals surface area (Å²) in [6, 6.07) is 0. The van der Waals surface area contributed by atoms with E-state index in [-0.39, 0.29) is 82.6 Å². The molecule has 0 spiro atoms. The topological polar surface area (TPSA) is 126 Å². The molecule has 0 radical (unpaired) electrons. The Bertz CT molecular complexity index is 9.65. The Kier molecular flexibility index (Phi) is 2620. The molecule has 0 saturated heterocycles. The normalized spacial score (nSPS) is 0. The van der Waals surface area contributed by atoms with E-state index in [1.165, 1.54) is 0 Å². The fraction of sp³-hybridized carbons (Fsp3) is 0. The molecule has 0 aromatic heterocycles. The van der Waals surface area contributed by atoms with Gasteiger partial charge in [0.1, 0.15) is 0 Å². The van der Waals surface area contributed by atoms with Crippen molar-refractivity contribution in [3.63, 3.8) is 0 Å². The van der Waals surface area contributed by atoms with Crippen molar-refractivity contribution in [2.24, 2.45) is 0 Å². The Labute approximate surface area is 82.1 Å². The Morgan fingerprint density at radius 2 is 0.429 bits per heavy atom. The number of rotatable bonds is 0. The van der Waals surface area contributed by atoms with Crippen molar-refractivity contribution in [3.05, 3.63) is 0 Å². The second-order valence-electron chi connectivity index (χ2n) is 0. The first-order valence-electron chi connectivity index (χ1n) is 0. The maximum atomic E-state index is 0. The Balaban J connectivity index is 0. The largest absolute Gasteiger partial charge is 0.412 e. The Morgan fingerprint density at radius 3 is 0.429 bits per heavy atom. The molecule has 0 heterocycles. The monoisotopic (exact) mass is 248 g/mol. The predicted octanol–water partition coefficient (Wildman–Crippen LogP) is -3.31. The summed E-state index contributed by atoms with van der Waals surface area (Å²) in [5.74, 6) is 0. The molecule has 0 unspecified atom stereocenters. The zero-order valence-electron chi connectivity index (χ0n) is 3.91. The van der Waals surface area contributed by atoms with Gasteiger partial charge in [0.05, 0.1) is 0 Å². The van der Waals surface area contributed by atoms with Crippen LogP contribution in [0, 0.1) is 0 Å². The molecule has 0 aromatic rings. The molecule has 8 N–H and O–H groups in total. The molecular weight excluding hydrogens is 243 g/mol. The van der Waals surface area contributed by atoms with Crippen molar-refractivity contribution in [3.8, 4) is 0 Å². The van der Waals surface area contributed by atoms with Crippen molar-refractivity contribution >= 4 is 0 Å². The molecule has 0 atom stereocenters. The predicted molar refractivity (Wildman–Crippen MR) is 14.5 cm³/mol. The van der Waals surface area contributed by atoms with E-state index in [4.69, 9.17) is 0 Å². The van der Waals surface area contributed by atoms with Crippen LogP contribution in [-0.2, 0) is 60.7 Å². The van der Waals surface area contributed by atoms with Gasteiger partial charge in [-0.3, -0.25) is 0 Å². The Morgan fingerprint density at radius 1 is 0.429 bits per heavy atom. The van der Waals surface area contributed by atoms with Gasteiger partial charge in [-0.05, 0) is 0 Å². The molecule has 0 aromatic carbocycles. The summed E-state index contributed by atoms with van der Waals surface area (Å²) in [7, 11) is 0. The minimum atomic E-state index is 0. The average molecular weight is 251 g/mol. The summed E-state index contributed by atoms with van der Waals surface area (Å²) in [6.45, 7) is 0. The minimum Gasteiger partial charge on any atom is -0.412 e. The van der Waals surface area contributed by atoms with Crippen molar-refractivity contribution in [2.45, 2.75) is 0 Å². The standard InChI is InChI=1S/4H2O.Ti.2Zn/h4*1H2;;;. The van der Waals surface area contributed by atoms with Crippen LogP contribution in [0.1, 0.15) is 0 Å². The third-order valence-electron chi connectivity index (χ3n) is 0. The molecule has 0 amide bonds. The first-order chi connectivity index (χ1) is 0. The molecule has 0 aliphatic heterocycles. The van der Waals surface area contributed by atoms with Gasteiger partial charge in [-0.15, -0.1) is 0 Å². The van der Waals surface area contributed by atoms with E-state index < -0.39 is 0 Å². The molecule has 0 aliphatic rings. The summed E-state index contributed by atoms with van der Waals surface area (Å²) in [4.78, 5) is 0. The SMILES string of the molecule is O.O.O.O.[Ti].[Zn].[Zn]. The third kappa shape index (κ3) is 80.9. The van der Waals surface area contributed by atoms with Crippen molar-refractivity contribution < 1.29 is 82.6 Å². The molecule has 0 saturated carbocycles. The van der Waals surface area contributed by atoms with Crippen LogP contribution in [0.15, 0.2) is 0 Å². The first kappa shape index (κ1) is 165. The summed E-state index contributed by atoms with van der Waals surface area (Å²) in [5, 5.41) is 0. The molecule has 0 aliphatic carbocycles. The fourth-order valence-electron chi connectivity index (χ4n) is 0. The first-order valence-corrected chi connectivity index (χ1v) is 0. The fourth-order valence-corrected chi connectivity index (χ4v) is 0. The van der Waals surface area contributed by atoms with E-state index in [0.29, 0.717) is 0 Å². The van der Waals surface area contributed by atoms with E-state index in [0.717, 1.165) is 0 Å². The molecule has 40 valence electrons. The van der Waals surface area contributed by atoms with Gasteiger partial charge in [-0.2, -0.15) is 0 Å². The van der Waals surface area contributed by atoms with Gasteiger partial charge in [0.2, 0.25) is 0 Å². The molecule has 0 fully saturated rings. The molecule has 4 nitrogen and oxygen atoms in total. The van der Waals surface area contributed by atoms with Crippen LogP contribution in [0.4, 0.5) is 0 Å². The van der Waals surface area contributed by atoms with E-state index in [1.807, 2.05) is 0 Å². The van der Waals surface area contributed by atoms with Crippen LogP contribution < -0.4 is 0 Å². The van der Waals surface area contributed by atoms with Crippen LogP contribution in [0.5, 0.6) is 0 Å². The zero-order chi connectivity index (χ0) is 0. The molecular formula is H8O4TiZn2. The summed E-state index contributed by atoms with van der Waals surface area (Å²) < 4.78 is 0. The molecule has 0 bridgehead atoms. The van der Waals surface area contributed by atoms with E-state index >= 15 is 0 Å². The number of hydrogen-bond acceptors (Lipinski definition) is 0. The van der Waals surface area contributed by atoms with E-state index in [2.05, 4.69) is 0 Å². The summed E-state index contributed by atoms with van der Waals surface area (Å²) in [6.07, 6.45) is 0. The van der Waals surface area contributed by atoms with Gasteiger partial charge in [0.15, 0.2) is 0 Å². The Hall–Kier alpha value is 1.80. The van der Waals surface area contributed by atoms with Crippen LogP contribution in [0.2, 0.25) is 0 Å². The van der Waals surface area contributed by atoms with E-state index in [9.17, 15) is 0 Å². The zero-order valence-corrected chi connectivity index (χ0v) is 11.4. The maximum Gasteiger partial charge on any atom is 0 e. The van der Waals surface area contributed by atoms with Crippen molar-refractivity contribution in [1.82, 2.24) is 0 Å². The maximum absolute atomic E-state index is 0. The van der Waals surface area contributed by atoms with Crippen LogP contribution >= 0.6 is 0 Å². The third-order valence-corrected chi connectivity index (χ3v) is 0. The summed E-state index contributed by atoms with van der Waals surface area (Å²) >= 11 is 0. The average Bonchev–Trinajstić information content (AvgIpc) is 0. The van der Waals surface area contributed by atoms with Crippen LogP contribution in [0.3, 0.4) is 0 Å². The van der Waals surface area contributed by atoms with Crippen LogP contribution in [0.25, 0.3) is 0 Å². The van der Waals surface area contributed by atoms with Crippen molar-refractivity contribution in [2.75, 3.05) is 0 Å². The van der Waals surface area contributed by atoms with Gasteiger partial charge >= 0.3 is 0 Å². The molecule has 7 heteroatoms. The van der Waals surface area contributed by atoms with Gasteiger partial charge in [-0.25, -0.2) is 0 Å². The van der Waals surface area contributed by atoms with Crippen molar-refractivity contribution in [1.29, 1.82) is 0 Å². The van der Waals surface area contributed by atoms with E-state index in [1.54, 1.807) is 0 Å². The quantitative estimate of drug-likeness (QED) is 0.399. The van der Waals surface area contributed by atoms with Gasteiger partial charge in [0, 0.05) is 60.7 Å². The number of hydrogen-bond donors (Lipinski definition) is 0. The minimum absolute atomic E-state index is 0. The molecule has 0 rings (SSSR count). The van der Waals surface area contributed by atoms with Crippen LogP contribution in [-0.4, -0.2) is 21.9 Å². The summed E-state index contributed by atoms with van der Waals surface area (Å²) in [5.41, 5.74) is 0. The second kappa shape index (κ2) is 111. The smallest absolute Gasteiger partial charge is 0 e. The van der Waals surface area contributed by atoms with Gasteiger partial charge in [-0.1, -0.05) is 0 Å².